The van der Waals surface area contributed by atoms with Gasteiger partial charge in [0.2, 0.25) is 0 Å². The Bertz CT molecular complexity index is 3640. The molecule has 12 aromatic rings. The molecule has 300 valence electrons. The van der Waals surface area contributed by atoms with Crippen molar-refractivity contribution in [1.29, 1.82) is 0 Å². The number of para-hydroxylation sites is 2. The average molecular weight is 815 g/mol. The van der Waals surface area contributed by atoms with E-state index >= 15 is 0 Å². The molecule has 0 amide bonds. The van der Waals surface area contributed by atoms with Crippen molar-refractivity contribution in [1.82, 2.24) is 4.57 Å². The molecule has 0 N–H and O–H groups in total. The largest absolute Gasteiger partial charge is 0.310 e. The van der Waals surface area contributed by atoms with E-state index in [1.807, 2.05) is 0 Å². The highest BCUT2D eigenvalue weighted by molar-refractivity contribution is 6.17. The standard InChI is InChI=1S/C62H42N2/c1-3-15-43(16-4-1)51-41-59(62-58-26-11-12-28-60(58)64(61(62)42-51)52-22-5-2-6-23-52)50-21-13-24-55(40-50)63(53-35-31-45(32-36-53)49-30-29-44-17-7-8-19-48(44)39-49)54-37-33-47(34-38-54)57-27-14-20-46-18-9-10-25-56(46)57/h1-42H. The molecule has 0 unspecified atom stereocenters. The van der Waals surface area contributed by atoms with Crippen LogP contribution < -0.4 is 4.90 Å². The Morgan fingerprint density at radius 3 is 1.62 bits per heavy atom. The fourth-order valence-corrected chi connectivity index (χ4v) is 9.67. The zero-order valence-corrected chi connectivity index (χ0v) is 35.1. The van der Waals surface area contributed by atoms with Gasteiger partial charge in [-0.05, 0) is 139 Å². The van der Waals surface area contributed by atoms with Gasteiger partial charge < -0.3 is 9.47 Å². The van der Waals surface area contributed by atoms with Gasteiger partial charge in [0.1, 0.15) is 0 Å². The van der Waals surface area contributed by atoms with Gasteiger partial charge in [0.25, 0.3) is 0 Å². The summed E-state index contributed by atoms with van der Waals surface area (Å²) in [6.45, 7) is 0. The maximum atomic E-state index is 2.42. The van der Waals surface area contributed by atoms with Crippen molar-refractivity contribution in [2.24, 2.45) is 0 Å². The van der Waals surface area contributed by atoms with Crippen LogP contribution >= 0.6 is 0 Å². The van der Waals surface area contributed by atoms with Crippen LogP contribution in [0.4, 0.5) is 17.1 Å². The molecule has 0 aliphatic heterocycles. The molecule has 0 radical (unpaired) electrons. The summed E-state index contributed by atoms with van der Waals surface area (Å²) in [6, 6.07) is 92.8. The van der Waals surface area contributed by atoms with Gasteiger partial charge >= 0.3 is 0 Å². The minimum atomic E-state index is 1.08. The van der Waals surface area contributed by atoms with Gasteiger partial charge in [-0.15, -0.1) is 0 Å². The van der Waals surface area contributed by atoms with Gasteiger partial charge in [0.15, 0.2) is 0 Å². The summed E-state index contributed by atoms with van der Waals surface area (Å²) in [5.41, 5.74) is 16.3. The van der Waals surface area contributed by atoms with Crippen LogP contribution in [-0.2, 0) is 0 Å². The van der Waals surface area contributed by atoms with E-state index in [2.05, 4.69) is 264 Å². The lowest BCUT2D eigenvalue weighted by atomic mass is 9.94. The third kappa shape index (κ3) is 6.61. The molecule has 0 bridgehead atoms. The summed E-state index contributed by atoms with van der Waals surface area (Å²) in [6.07, 6.45) is 0. The lowest BCUT2D eigenvalue weighted by molar-refractivity contribution is 1.18. The van der Waals surface area contributed by atoms with Crippen LogP contribution in [0, 0.1) is 0 Å². The minimum Gasteiger partial charge on any atom is -0.310 e. The molecular formula is C62H42N2. The van der Waals surface area contributed by atoms with Gasteiger partial charge in [0.05, 0.1) is 11.0 Å². The first-order chi connectivity index (χ1) is 31.7. The zero-order valence-electron chi connectivity index (χ0n) is 35.1. The van der Waals surface area contributed by atoms with E-state index in [4.69, 9.17) is 0 Å². The molecule has 0 aliphatic carbocycles. The van der Waals surface area contributed by atoms with Crippen molar-refractivity contribution in [3.05, 3.63) is 255 Å². The number of hydrogen-bond donors (Lipinski definition) is 0. The highest BCUT2D eigenvalue weighted by Crippen LogP contribution is 2.44. The van der Waals surface area contributed by atoms with Crippen molar-refractivity contribution >= 4 is 60.4 Å². The fourth-order valence-electron chi connectivity index (χ4n) is 9.67. The fraction of sp³-hybridized carbons (Fsp3) is 0. The van der Waals surface area contributed by atoms with Crippen molar-refractivity contribution in [3.8, 4) is 50.2 Å². The maximum absolute atomic E-state index is 2.42. The summed E-state index contributed by atoms with van der Waals surface area (Å²) >= 11 is 0. The molecule has 0 saturated carbocycles. The van der Waals surface area contributed by atoms with Crippen LogP contribution in [0.25, 0.3) is 93.5 Å². The summed E-state index contributed by atoms with van der Waals surface area (Å²) < 4.78 is 2.42. The average Bonchev–Trinajstić information content (AvgIpc) is 3.71. The second kappa shape index (κ2) is 15.8. The Balaban J connectivity index is 1.04. The number of nitrogens with zero attached hydrogens (tertiary/aromatic N) is 2. The van der Waals surface area contributed by atoms with Crippen molar-refractivity contribution in [3.63, 3.8) is 0 Å². The minimum absolute atomic E-state index is 1.08. The molecule has 0 atom stereocenters. The van der Waals surface area contributed by atoms with E-state index in [0.717, 1.165) is 28.3 Å². The predicted octanol–water partition coefficient (Wildman–Crippen LogP) is 17.2. The Kier molecular flexibility index (Phi) is 9.20. The van der Waals surface area contributed by atoms with Gasteiger partial charge in [0, 0.05) is 33.5 Å². The molecule has 2 heteroatoms. The third-order valence-corrected chi connectivity index (χ3v) is 12.7. The first-order valence-electron chi connectivity index (χ1n) is 22.0. The number of anilines is 3. The zero-order chi connectivity index (χ0) is 42.4. The lowest BCUT2D eigenvalue weighted by Crippen LogP contribution is -2.10. The van der Waals surface area contributed by atoms with Gasteiger partial charge in [-0.1, -0.05) is 182 Å². The molecule has 11 aromatic carbocycles. The molecule has 64 heavy (non-hydrogen) atoms. The normalized spacial score (nSPS) is 11.4. The Labute approximate surface area is 373 Å². The van der Waals surface area contributed by atoms with E-state index < -0.39 is 0 Å². The highest BCUT2D eigenvalue weighted by atomic mass is 15.1. The lowest BCUT2D eigenvalue weighted by Gasteiger charge is -2.26. The van der Waals surface area contributed by atoms with Gasteiger partial charge in [-0.2, -0.15) is 0 Å². The van der Waals surface area contributed by atoms with Crippen LogP contribution in [0.2, 0.25) is 0 Å². The number of benzene rings is 11. The van der Waals surface area contributed by atoms with Crippen molar-refractivity contribution < 1.29 is 0 Å². The quantitative estimate of drug-likeness (QED) is 0.148. The molecule has 2 nitrogen and oxygen atoms in total. The van der Waals surface area contributed by atoms with Crippen LogP contribution in [0.1, 0.15) is 0 Å². The second-order valence-electron chi connectivity index (χ2n) is 16.5. The number of aromatic nitrogens is 1. The Morgan fingerprint density at radius 1 is 0.266 bits per heavy atom. The Morgan fingerprint density at radius 2 is 0.844 bits per heavy atom. The van der Waals surface area contributed by atoms with Gasteiger partial charge in [-0.25, -0.2) is 0 Å². The van der Waals surface area contributed by atoms with Crippen LogP contribution in [0.15, 0.2) is 255 Å². The monoisotopic (exact) mass is 814 g/mol. The SMILES string of the molecule is c1ccc(-c2cc(-c3cccc(N(c4ccc(-c5ccc6ccccc6c5)cc4)c4ccc(-c5cccc6ccccc56)cc4)c3)c3c4ccccc4n(-c4ccccc4)c3c2)cc1. The topological polar surface area (TPSA) is 8.17 Å². The molecule has 1 heterocycles. The summed E-state index contributed by atoms with van der Waals surface area (Å²) in [4.78, 5) is 2.39. The number of rotatable bonds is 8. The number of fused-ring (bicyclic) bond motifs is 5. The summed E-state index contributed by atoms with van der Waals surface area (Å²) in [5.74, 6) is 0. The molecule has 0 fully saturated rings. The van der Waals surface area contributed by atoms with E-state index in [0.29, 0.717) is 0 Å². The molecular weight excluding hydrogens is 773 g/mol. The summed E-state index contributed by atoms with van der Waals surface area (Å²) in [7, 11) is 0. The van der Waals surface area contributed by atoms with Crippen LogP contribution in [0.3, 0.4) is 0 Å². The predicted molar refractivity (Wildman–Crippen MR) is 272 cm³/mol. The van der Waals surface area contributed by atoms with E-state index in [1.165, 1.54) is 82.3 Å². The third-order valence-electron chi connectivity index (χ3n) is 12.7. The highest BCUT2D eigenvalue weighted by Gasteiger charge is 2.20. The molecule has 12 rings (SSSR count). The van der Waals surface area contributed by atoms with Gasteiger partial charge in [-0.3, -0.25) is 0 Å². The number of hydrogen-bond acceptors (Lipinski definition) is 1. The Hall–Kier alpha value is -8.46. The molecule has 0 aliphatic rings. The van der Waals surface area contributed by atoms with Crippen LogP contribution in [-0.4, -0.2) is 4.57 Å². The van der Waals surface area contributed by atoms with E-state index in [9.17, 15) is 0 Å². The molecule has 0 spiro atoms. The molecule has 1 aromatic heterocycles. The van der Waals surface area contributed by atoms with E-state index in [-0.39, 0.29) is 0 Å². The molecule has 0 saturated heterocycles. The first-order valence-corrected chi connectivity index (χ1v) is 22.0. The smallest absolute Gasteiger partial charge is 0.0553 e. The van der Waals surface area contributed by atoms with Crippen LogP contribution in [0.5, 0.6) is 0 Å². The first kappa shape index (κ1) is 37.3. The summed E-state index contributed by atoms with van der Waals surface area (Å²) in [5, 5.41) is 7.45. The second-order valence-corrected chi connectivity index (χ2v) is 16.5. The van der Waals surface area contributed by atoms with Crippen molar-refractivity contribution in [2.45, 2.75) is 0 Å². The van der Waals surface area contributed by atoms with E-state index in [1.54, 1.807) is 0 Å². The maximum Gasteiger partial charge on any atom is 0.0553 e. The van der Waals surface area contributed by atoms with Crippen molar-refractivity contribution in [2.75, 3.05) is 4.90 Å².